The summed E-state index contributed by atoms with van der Waals surface area (Å²) in [5.74, 6) is 0.106. The monoisotopic (exact) mass is 234 g/mol. The summed E-state index contributed by atoms with van der Waals surface area (Å²) >= 11 is 0. The second-order valence-corrected chi connectivity index (χ2v) is 4.31. The van der Waals surface area contributed by atoms with Crippen LogP contribution in [0.3, 0.4) is 0 Å². The molecule has 0 spiro atoms. The van der Waals surface area contributed by atoms with Crippen LogP contribution in [0.1, 0.15) is 24.8 Å². The van der Waals surface area contributed by atoms with Gasteiger partial charge in [-0.25, -0.2) is 4.39 Å². The maximum Gasteiger partial charge on any atom is 0.144 e. The fourth-order valence-electron chi connectivity index (χ4n) is 2.30. The van der Waals surface area contributed by atoms with E-state index in [1.165, 1.54) is 6.07 Å². The number of ether oxygens (including phenoxy) is 1. The third kappa shape index (κ3) is 2.40. The maximum atomic E-state index is 13.4. The van der Waals surface area contributed by atoms with Crippen molar-refractivity contribution >= 4 is 0 Å². The number of nitrogens with two attached hydrogens (primary N) is 1. The second kappa shape index (κ2) is 5.15. The molecule has 1 aliphatic carbocycles. The van der Waals surface area contributed by atoms with E-state index in [4.69, 9.17) is 15.7 Å². The molecule has 1 fully saturated rings. The van der Waals surface area contributed by atoms with E-state index in [1.807, 2.05) is 6.07 Å². The molecule has 1 aromatic carbocycles. The van der Waals surface area contributed by atoms with E-state index in [2.05, 4.69) is 0 Å². The van der Waals surface area contributed by atoms with E-state index in [-0.39, 0.29) is 11.7 Å². The molecule has 1 aromatic rings. The van der Waals surface area contributed by atoms with Gasteiger partial charge in [0.25, 0.3) is 0 Å². The molecule has 2 rings (SSSR count). The topological polar surface area (TPSA) is 59.0 Å². The van der Waals surface area contributed by atoms with Gasteiger partial charge < -0.3 is 10.5 Å². The van der Waals surface area contributed by atoms with Gasteiger partial charge in [-0.3, -0.25) is 0 Å². The van der Waals surface area contributed by atoms with E-state index in [1.54, 1.807) is 12.1 Å². The van der Waals surface area contributed by atoms with E-state index in [0.717, 1.165) is 19.3 Å². The quantitative estimate of drug-likeness (QED) is 0.872. The average molecular weight is 234 g/mol. The molecule has 0 bridgehead atoms. The highest BCUT2D eigenvalue weighted by atomic mass is 19.1. The highest BCUT2D eigenvalue weighted by Crippen LogP contribution is 2.31. The summed E-state index contributed by atoms with van der Waals surface area (Å²) in [6.07, 6.45) is 3.04. The number of halogens is 1. The first kappa shape index (κ1) is 11.9. The van der Waals surface area contributed by atoms with Crippen LogP contribution in [0.25, 0.3) is 0 Å². The summed E-state index contributed by atoms with van der Waals surface area (Å²) in [6.45, 7) is 0.571. The van der Waals surface area contributed by atoms with Gasteiger partial charge in [-0.05, 0) is 37.9 Å². The second-order valence-electron chi connectivity index (χ2n) is 4.31. The van der Waals surface area contributed by atoms with Crippen molar-refractivity contribution in [2.45, 2.75) is 25.4 Å². The Bertz CT molecular complexity index is 442. The molecule has 1 saturated carbocycles. The average Bonchev–Trinajstić information content (AvgIpc) is 2.77. The molecule has 4 heteroatoms. The summed E-state index contributed by atoms with van der Waals surface area (Å²) in [6, 6.07) is 6.29. The lowest BCUT2D eigenvalue weighted by Gasteiger charge is -2.20. The summed E-state index contributed by atoms with van der Waals surface area (Å²) in [4.78, 5) is 0. The van der Waals surface area contributed by atoms with Crippen molar-refractivity contribution in [1.82, 2.24) is 0 Å². The molecule has 1 aliphatic rings. The molecule has 17 heavy (non-hydrogen) atoms. The van der Waals surface area contributed by atoms with Gasteiger partial charge in [0.05, 0.1) is 0 Å². The van der Waals surface area contributed by atoms with Gasteiger partial charge in [-0.15, -0.1) is 0 Å². The fourth-order valence-corrected chi connectivity index (χ4v) is 2.30. The first-order valence-corrected chi connectivity index (χ1v) is 5.81. The van der Waals surface area contributed by atoms with Crippen LogP contribution in [0.2, 0.25) is 0 Å². The van der Waals surface area contributed by atoms with Crippen molar-refractivity contribution in [3.05, 3.63) is 29.6 Å². The zero-order chi connectivity index (χ0) is 12.3. The molecule has 2 unspecified atom stereocenters. The first-order chi connectivity index (χ1) is 8.26. The van der Waals surface area contributed by atoms with Crippen molar-refractivity contribution < 1.29 is 9.13 Å². The largest absolute Gasteiger partial charge is 0.489 e. The third-order valence-corrected chi connectivity index (χ3v) is 3.26. The van der Waals surface area contributed by atoms with E-state index >= 15 is 0 Å². The number of rotatable bonds is 3. The van der Waals surface area contributed by atoms with Gasteiger partial charge in [0, 0.05) is 5.92 Å². The van der Waals surface area contributed by atoms with Gasteiger partial charge in [0.1, 0.15) is 29.3 Å². The summed E-state index contributed by atoms with van der Waals surface area (Å²) in [7, 11) is 0. The minimum absolute atomic E-state index is 0.00824. The van der Waals surface area contributed by atoms with Crippen LogP contribution in [0.5, 0.6) is 5.75 Å². The van der Waals surface area contributed by atoms with Crippen LogP contribution < -0.4 is 10.5 Å². The minimum Gasteiger partial charge on any atom is -0.489 e. The Morgan fingerprint density at radius 2 is 2.29 bits per heavy atom. The van der Waals surface area contributed by atoms with E-state index in [0.29, 0.717) is 18.2 Å². The highest BCUT2D eigenvalue weighted by molar-refractivity contribution is 5.43. The van der Waals surface area contributed by atoms with Crippen LogP contribution in [-0.4, -0.2) is 12.6 Å². The molecule has 0 heterocycles. The van der Waals surface area contributed by atoms with E-state index < -0.39 is 5.82 Å². The van der Waals surface area contributed by atoms with Crippen LogP contribution in [0.15, 0.2) is 18.2 Å². The Morgan fingerprint density at radius 1 is 1.47 bits per heavy atom. The zero-order valence-corrected chi connectivity index (χ0v) is 9.53. The molecular weight excluding hydrogens is 219 g/mol. The predicted octanol–water partition coefficient (Wildman–Crippen LogP) is 2.20. The van der Waals surface area contributed by atoms with Crippen LogP contribution >= 0.6 is 0 Å². The molecule has 0 aliphatic heterocycles. The van der Waals surface area contributed by atoms with Gasteiger partial charge in [-0.2, -0.15) is 5.26 Å². The molecule has 3 nitrogen and oxygen atoms in total. The number of nitriles is 1. The molecule has 0 saturated heterocycles. The van der Waals surface area contributed by atoms with Crippen molar-refractivity contribution in [2.24, 2.45) is 11.7 Å². The molecule has 0 radical (unpaired) electrons. The van der Waals surface area contributed by atoms with Gasteiger partial charge in [0.2, 0.25) is 0 Å². The van der Waals surface area contributed by atoms with Crippen molar-refractivity contribution in [2.75, 3.05) is 6.54 Å². The van der Waals surface area contributed by atoms with Crippen molar-refractivity contribution in [3.8, 4) is 11.8 Å². The molecule has 2 atom stereocenters. The lowest BCUT2D eigenvalue weighted by atomic mass is 10.1. The molecular formula is C13H15FN2O. The van der Waals surface area contributed by atoms with Crippen LogP contribution in [-0.2, 0) is 0 Å². The number of hydrogen-bond donors (Lipinski definition) is 1. The molecule has 0 amide bonds. The summed E-state index contributed by atoms with van der Waals surface area (Å²) in [5, 5.41) is 8.90. The van der Waals surface area contributed by atoms with Crippen molar-refractivity contribution in [3.63, 3.8) is 0 Å². The normalized spacial score (nSPS) is 23.4. The maximum absolute atomic E-state index is 13.4. The lowest BCUT2D eigenvalue weighted by Crippen LogP contribution is -2.27. The van der Waals surface area contributed by atoms with Crippen LogP contribution in [0.4, 0.5) is 4.39 Å². The Morgan fingerprint density at radius 3 is 3.00 bits per heavy atom. The Kier molecular flexibility index (Phi) is 3.60. The lowest BCUT2D eigenvalue weighted by molar-refractivity contribution is 0.161. The molecule has 2 N–H and O–H groups in total. The highest BCUT2D eigenvalue weighted by Gasteiger charge is 2.28. The predicted molar refractivity (Wildman–Crippen MR) is 61.9 cm³/mol. The summed E-state index contributed by atoms with van der Waals surface area (Å²) in [5.41, 5.74) is 5.64. The zero-order valence-electron chi connectivity index (χ0n) is 9.53. The Balaban J connectivity index is 2.19. The summed E-state index contributed by atoms with van der Waals surface area (Å²) < 4.78 is 19.1. The smallest absolute Gasteiger partial charge is 0.144 e. The number of hydrogen-bond acceptors (Lipinski definition) is 3. The van der Waals surface area contributed by atoms with E-state index in [9.17, 15) is 4.39 Å². The standard InChI is InChI=1S/C13H15FN2O/c14-11-4-2-6-13(10(11)8-16)17-12-5-1-3-9(12)7-15/h2,4,6,9,12H,1,3,5,7,15H2. The van der Waals surface area contributed by atoms with Gasteiger partial charge >= 0.3 is 0 Å². The fraction of sp³-hybridized carbons (Fsp3) is 0.462. The van der Waals surface area contributed by atoms with Gasteiger partial charge in [0.15, 0.2) is 0 Å². The first-order valence-electron chi connectivity index (χ1n) is 5.81. The number of benzene rings is 1. The molecule has 0 aromatic heterocycles. The number of nitrogens with zero attached hydrogens (tertiary/aromatic N) is 1. The SMILES string of the molecule is N#Cc1c(F)cccc1OC1CCCC1CN. The Labute approximate surface area is 100.0 Å². The minimum atomic E-state index is -0.535. The van der Waals surface area contributed by atoms with Gasteiger partial charge in [-0.1, -0.05) is 6.07 Å². The van der Waals surface area contributed by atoms with Crippen LogP contribution in [0, 0.1) is 23.1 Å². The molecule has 90 valence electrons. The Hall–Kier alpha value is -1.60. The third-order valence-electron chi connectivity index (χ3n) is 3.26. The van der Waals surface area contributed by atoms with Crippen molar-refractivity contribution in [1.29, 1.82) is 5.26 Å².